The molecule has 0 fully saturated rings. The van der Waals surface area contributed by atoms with Crippen molar-refractivity contribution in [2.75, 3.05) is 13.7 Å². The summed E-state index contributed by atoms with van der Waals surface area (Å²) >= 11 is 3.37. The van der Waals surface area contributed by atoms with E-state index in [0.717, 1.165) is 4.47 Å². The molecule has 0 aliphatic carbocycles. The molecule has 6 nitrogen and oxygen atoms in total. The standard InChI is InChI=1S/C13H16BrN3O3/c1-8(18)20-7-13(2,3)17-11-10(16-12(17)19-4)5-9(14)6-15-11/h5-6H,7H2,1-4H3. The number of pyridine rings is 1. The highest BCUT2D eigenvalue weighted by atomic mass is 79.9. The Morgan fingerprint density at radius 2 is 2.20 bits per heavy atom. The molecule has 2 aromatic heterocycles. The number of ether oxygens (including phenoxy) is 2. The van der Waals surface area contributed by atoms with Crippen LogP contribution in [0.2, 0.25) is 0 Å². The summed E-state index contributed by atoms with van der Waals surface area (Å²) < 4.78 is 13.1. The van der Waals surface area contributed by atoms with Gasteiger partial charge in [-0.1, -0.05) is 0 Å². The van der Waals surface area contributed by atoms with Crippen LogP contribution in [0, 0.1) is 0 Å². The molecule has 7 heteroatoms. The molecule has 0 saturated heterocycles. The van der Waals surface area contributed by atoms with Gasteiger partial charge in [-0.15, -0.1) is 0 Å². The van der Waals surface area contributed by atoms with Gasteiger partial charge < -0.3 is 9.47 Å². The maximum atomic E-state index is 11.0. The van der Waals surface area contributed by atoms with Crippen LogP contribution >= 0.6 is 15.9 Å². The summed E-state index contributed by atoms with van der Waals surface area (Å²) in [6.45, 7) is 5.46. The third kappa shape index (κ3) is 2.77. The first kappa shape index (κ1) is 14.8. The highest BCUT2D eigenvalue weighted by molar-refractivity contribution is 9.10. The maximum absolute atomic E-state index is 11.0. The Morgan fingerprint density at radius 3 is 2.80 bits per heavy atom. The van der Waals surface area contributed by atoms with E-state index in [1.54, 1.807) is 13.3 Å². The number of halogens is 1. The average molecular weight is 342 g/mol. The third-order valence-electron chi connectivity index (χ3n) is 2.85. The molecule has 0 aliphatic heterocycles. The van der Waals surface area contributed by atoms with Crippen molar-refractivity contribution in [1.82, 2.24) is 14.5 Å². The molecule has 0 spiro atoms. The number of methoxy groups -OCH3 is 1. The Kier molecular flexibility index (Phi) is 3.99. The van der Waals surface area contributed by atoms with E-state index in [-0.39, 0.29) is 12.6 Å². The fourth-order valence-electron chi connectivity index (χ4n) is 1.94. The molecule has 0 bridgehead atoms. The summed E-state index contributed by atoms with van der Waals surface area (Å²) in [4.78, 5) is 19.8. The van der Waals surface area contributed by atoms with Gasteiger partial charge in [-0.3, -0.25) is 9.36 Å². The van der Waals surface area contributed by atoms with Gasteiger partial charge in [-0.2, -0.15) is 4.98 Å². The number of hydrogen-bond donors (Lipinski definition) is 0. The van der Waals surface area contributed by atoms with Crippen LogP contribution in [0.4, 0.5) is 0 Å². The lowest BCUT2D eigenvalue weighted by molar-refractivity contribution is -0.143. The average Bonchev–Trinajstić information content (AvgIpc) is 2.74. The van der Waals surface area contributed by atoms with E-state index in [9.17, 15) is 4.79 Å². The monoisotopic (exact) mass is 341 g/mol. The Bertz CT molecular complexity index is 652. The first-order chi connectivity index (χ1) is 9.35. The van der Waals surface area contributed by atoms with Gasteiger partial charge in [-0.25, -0.2) is 4.98 Å². The Balaban J connectivity index is 2.53. The number of aromatic nitrogens is 3. The summed E-state index contributed by atoms with van der Waals surface area (Å²) in [5, 5.41) is 0. The van der Waals surface area contributed by atoms with Crippen LogP contribution in [-0.2, 0) is 15.1 Å². The minimum absolute atomic E-state index is 0.210. The predicted octanol–water partition coefficient (Wildman–Crippen LogP) is 2.50. The third-order valence-corrected chi connectivity index (χ3v) is 3.28. The molecule has 2 rings (SSSR count). The number of carbonyl (C=O) groups excluding carboxylic acids is 1. The Morgan fingerprint density at radius 1 is 1.50 bits per heavy atom. The fourth-order valence-corrected chi connectivity index (χ4v) is 2.26. The number of imidazole rings is 1. The second-order valence-electron chi connectivity index (χ2n) is 5.02. The molecule has 0 saturated carbocycles. The topological polar surface area (TPSA) is 66.2 Å². The number of carbonyl (C=O) groups is 1. The lowest BCUT2D eigenvalue weighted by Crippen LogP contribution is -2.33. The number of nitrogens with zero attached hydrogens (tertiary/aromatic N) is 3. The van der Waals surface area contributed by atoms with Gasteiger partial charge in [-0.05, 0) is 35.8 Å². The minimum Gasteiger partial charge on any atom is -0.468 e. The van der Waals surface area contributed by atoms with E-state index < -0.39 is 5.54 Å². The Hall–Kier alpha value is -1.63. The molecule has 0 N–H and O–H groups in total. The van der Waals surface area contributed by atoms with E-state index in [4.69, 9.17) is 9.47 Å². The number of fused-ring (bicyclic) bond motifs is 1. The maximum Gasteiger partial charge on any atom is 0.302 e. The van der Waals surface area contributed by atoms with Gasteiger partial charge in [0.15, 0.2) is 5.65 Å². The van der Waals surface area contributed by atoms with Crippen LogP contribution in [0.3, 0.4) is 0 Å². The van der Waals surface area contributed by atoms with Crippen LogP contribution in [0.15, 0.2) is 16.7 Å². The molecule has 2 heterocycles. The quantitative estimate of drug-likeness (QED) is 0.799. The largest absolute Gasteiger partial charge is 0.468 e. The zero-order valence-corrected chi connectivity index (χ0v) is 13.4. The molecule has 20 heavy (non-hydrogen) atoms. The number of esters is 1. The molecule has 0 unspecified atom stereocenters. The normalized spacial score (nSPS) is 11.7. The van der Waals surface area contributed by atoms with Crippen molar-refractivity contribution in [3.05, 3.63) is 16.7 Å². The van der Waals surface area contributed by atoms with E-state index in [1.807, 2.05) is 24.5 Å². The number of hydrogen-bond acceptors (Lipinski definition) is 5. The molecule has 0 radical (unpaired) electrons. The van der Waals surface area contributed by atoms with Crippen molar-refractivity contribution in [3.63, 3.8) is 0 Å². The van der Waals surface area contributed by atoms with E-state index in [1.165, 1.54) is 6.92 Å². The lowest BCUT2D eigenvalue weighted by Gasteiger charge is -2.27. The molecular formula is C13H16BrN3O3. The van der Waals surface area contributed by atoms with Crippen molar-refractivity contribution < 1.29 is 14.3 Å². The summed E-state index contributed by atoms with van der Waals surface area (Å²) in [7, 11) is 1.55. The van der Waals surface area contributed by atoms with Crippen LogP contribution < -0.4 is 4.74 Å². The second-order valence-corrected chi connectivity index (χ2v) is 5.94. The van der Waals surface area contributed by atoms with Gasteiger partial charge in [0, 0.05) is 17.6 Å². The van der Waals surface area contributed by atoms with Gasteiger partial charge in [0.05, 0.1) is 12.6 Å². The highest BCUT2D eigenvalue weighted by Crippen LogP contribution is 2.29. The van der Waals surface area contributed by atoms with E-state index in [2.05, 4.69) is 25.9 Å². The molecule has 0 atom stereocenters. The van der Waals surface area contributed by atoms with Crippen LogP contribution in [0.5, 0.6) is 6.01 Å². The zero-order chi connectivity index (χ0) is 14.9. The van der Waals surface area contributed by atoms with Gasteiger partial charge in [0.25, 0.3) is 6.01 Å². The van der Waals surface area contributed by atoms with Crippen LogP contribution in [-0.4, -0.2) is 34.2 Å². The van der Waals surface area contributed by atoms with Crippen LogP contribution in [0.25, 0.3) is 11.2 Å². The molecule has 2 aromatic rings. The van der Waals surface area contributed by atoms with Gasteiger partial charge in [0.2, 0.25) is 0 Å². The van der Waals surface area contributed by atoms with Crippen molar-refractivity contribution in [3.8, 4) is 6.01 Å². The Labute approximate surface area is 125 Å². The first-order valence-corrected chi connectivity index (χ1v) is 6.86. The van der Waals surface area contributed by atoms with E-state index >= 15 is 0 Å². The van der Waals surface area contributed by atoms with Crippen LogP contribution in [0.1, 0.15) is 20.8 Å². The van der Waals surface area contributed by atoms with Crippen molar-refractivity contribution in [2.24, 2.45) is 0 Å². The van der Waals surface area contributed by atoms with E-state index in [0.29, 0.717) is 17.2 Å². The molecule has 0 aliphatic rings. The summed E-state index contributed by atoms with van der Waals surface area (Å²) in [5.41, 5.74) is 0.876. The second kappa shape index (κ2) is 5.40. The molecule has 0 aromatic carbocycles. The van der Waals surface area contributed by atoms with Crippen molar-refractivity contribution in [2.45, 2.75) is 26.3 Å². The lowest BCUT2D eigenvalue weighted by atomic mass is 10.1. The number of rotatable bonds is 4. The SMILES string of the molecule is COc1nc2cc(Br)cnc2n1C(C)(C)COC(C)=O. The van der Waals surface area contributed by atoms with Gasteiger partial charge >= 0.3 is 5.97 Å². The molecule has 0 amide bonds. The fraction of sp³-hybridized carbons (Fsp3) is 0.462. The summed E-state index contributed by atoms with van der Waals surface area (Å²) in [6.07, 6.45) is 1.70. The first-order valence-electron chi connectivity index (χ1n) is 6.07. The van der Waals surface area contributed by atoms with Crippen molar-refractivity contribution in [1.29, 1.82) is 0 Å². The highest BCUT2D eigenvalue weighted by Gasteiger charge is 2.29. The minimum atomic E-state index is -0.521. The van der Waals surface area contributed by atoms with Crippen molar-refractivity contribution >= 4 is 33.1 Å². The molecule has 108 valence electrons. The summed E-state index contributed by atoms with van der Waals surface area (Å²) in [5.74, 6) is -0.322. The summed E-state index contributed by atoms with van der Waals surface area (Å²) in [6, 6.07) is 2.30. The smallest absolute Gasteiger partial charge is 0.302 e. The predicted molar refractivity (Wildman–Crippen MR) is 77.7 cm³/mol. The zero-order valence-electron chi connectivity index (χ0n) is 11.8. The van der Waals surface area contributed by atoms with Gasteiger partial charge in [0.1, 0.15) is 12.1 Å². The molecular weight excluding hydrogens is 326 g/mol.